The molecule has 1 atom stereocenters. The van der Waals surface area contributed by atoms with Crippen LogP contribution in [0, 0.1) is 0 Å². The molecule has 1 aromatic heterocycles. The van der Waals surface area contributed by atoms with E-state index in [0.717, 1.165) is 0 Å². The molecule has 2 aliphatic heterocycles. The maximum atomic E-state index is 12.9. The molecule has 3 heterocycles. The molecule has 2 saturated heterocycles. The van der Waals surface area contributed by atoms with Crippen molar-refractivity contribution in [2.45, 2.75) is 17.4 Å². The lowest BCUT2D eigenvalue weighted by atomic mass is 10.2. The molecule has 2 fully saturated rings. The van der Waals surface area contributed by atoms with Gasteiger partial charge in [0.25, 0.3) is 17.7 Å². The van der Waals surface area contributed by atoms with E-state index in [2.05, 4.69) is 9.97 Å². The van der Waals surface area contributed by atoms with Gasteiger partial charge in [-0.25, -0.2) is 18.4 Å². The Balaban J connectivity index is 1.40. The molecule has 10 nitrogen and oxygen atoms in total. The van der Waals surface area contributed by atoms with Crippen LogP contribution in [0.4, 0.5) is 0 Å². The normalized spacial score (nSPS) is 19.9. The van der Waals surface area contributed by atoms with E-state index in [-0.39, 0.29) is 16.9 Å². The Bertz CT molecular complexity index is 1020. The molecular formula is C20H24N4O6S. The zero-order chi connectivity index (χ0) is 21.8. The maximum Gasteiger partial charge on any atom is 0.278 e. The van der Waals surface area contributed by atoms with Crippen molar-refractivity contribution in [1.82, 2.24) is 19.2 Å². The number of hydrogen-bond acceptors (Lipinski definition) is 8. The first-order valence-corrected chi connectivity index (χ1v) is 11.4. The molecule has 0 N–H and O–H groups in total. The van der Waals surface area contributed by atoms with Crippen LogP contribution in [-0.2, 0) is 14.8 Å². The van der Waals surface area contributed by atoms with E-state index in [1.54, 1.807) is 17.0 Å². The van der Waals surface area contributed by atoms with Crippen LogP contribution < -0.4 is 9.47 Å². The molecule has 0 saturated carbocycles. The van der Waals surface area contributed by atoms with Gasteiger partial charge in [0, 0.05) is 44.0 Å². The second-order valence-electron chi connectivity index (χ2n) is 7.19. The molecule has 31 heavy (non-hydrogen) atoms. The number of ether oxygens (including phenoxy) is 3. The standard InChI is InChI=1S/C20H24N4O6S/c1-28-18-19(22-8-7-21-18)30-16-6-9-23(14-16)20(25)15-2-4-17(5-3-15)31(26,27)24-10-12-29-13-11-24/h2-5,7-8,16H,6,9-14H2,1H3. The zero-order valence-corrected chi connectivity index (χ0v) is 18.0. The fraction of sp³-hybridized carbons (Fsp3) is 0.450. The van der Waals surface area contributed by atoms with E-state index >= 15 is 0 Å². The summed E-state index contributed by atoms with van der Waals surface area (Å²) in [7, 11) is -2.10. The molecular weight excluding hydrogens is 424 g/mol. The third kappa shape index (κ3) is 4.63. The molecule has 4 rings (SSSR count). The Hall–Kier alpha value is -2.76. The Morgan fingerprint density at radius 2 is 1.74 bits per heavy atom. The molecule has 2 aliphatic rings. The Labute approximate surface area is 180 Å². The van der Waals surface area contributed by atoms with Crippen LogP contribution in [0.25, 0.3) is 0 Å². The summed E-state index contributed by atoms with van der Waals surface area (Å²) in [6.45, 7) is 2.35. The number of carbonyl (C=O) groups is 1. The molecule has 0 aliphatic carbocycles. The first-order chi connectivity index (χ1) is 15.0. The largest absolute Gasteiger partial charge is 0.477 e. The van der Waals surface area contributed by atoms with E-state index in [0.29, 0.717) is 63.1 Å². The van der Waals surface area contributed by atoms with Crippen molar-refractivity contribution in [3.8, 4) is 11.8 Å². The van der Waals surface area contributed by atoms with Crippen LogP contribution in [0.15, 0.2) is 41.6 Å². The second kappa shape index (κ2) is 9.16. The van der Waals surface area contributed by atoms with Crippen LogP contribution in [0.5, 0.6) is 11.8 Å². The average Bonchev–Trinajstić information content (AvgIpc) is 3.28. The van der Waals surface area contributed by atoms with Crippen LogP contribution in [0.3, 0.4) is 0 Å². The summed E-state index contributed by atoms with van der Waals surface area (Å²) in [4.78, 5) is 22.9. The third-order valence-electron chi connectivity index (χ3n) is 5.25. The Morgan fingerprint density at radius 1 is 1.06 bits per heavy atom. The highest BCUT2D eigenvalue weighted by atomic mass is 32.2. The molecule has 2 aromatic rings. The Kier molecular flexibility index (Phi) is 6.35. The van der Waals surface area contributed by atoms with Crippen molar-refractivity contribution in [3.05, 3.63) is 42.2 Å². The molecule has 166 valence electrons. The molecule has 1 aromatic carbocycles. The van der Waals surface area contributed by atoms with E-state index in [1.807, 2.05) is 0 Å². The van der Waals surface area contributed by atoms with Gasteiger partial charge in [0.05, 0.1) is 31.8 Å². The van der Waals surface area contributed by atoms with Gasteiger partial charge in [-0.1, -0.05) is 0 Å². The fourth-order valence-corrected chi connectivity index (χ4v) is 5.00. The van der Waals surface area contributed by atoms with Gasteiger partial charge in [-0.05, 0) is 24.3 Å². The summed E-state index contributed by atoms with van der Waals surface area (Å²) >= 11 is 0. The summed E-state index contributed by atoms with van der Waals surface area (Å²) in [5.41, 5.74) is 0.429. The molecule has 1 unspecified atom stereocenters. The summed E-state index contributed by atoms with van der Waals surface area (Å²) in [6, 6.07) is 6.06. The summed E-state index contributed by atoms with van der Waals surface area (Å²) in [6.07, 6.45) is 3.45. The maximum absolute atomic E-state index is 12.9. The van der Waals surface area contributed by atoms with Crippen LogP contribution in [0.2, 0.25) is 0 Å². The van der Waals surface area contributed by atoms with Crippen molar-refractivity contribution in [1.29, 1.82) is 0 Å². The number of benzene rings is 1. The highest BCUT2D eigenvalue weighted by molar-refractivity contribution is 7.89. The van der Waals surface area contributed by atoms with Gasteiger partial charge in [-0.2, -0.15) is 4.31 Å². The van der Waals surface area contributed by atoms with Gasteiger partial charge in [-0.15, -0.1) is 0 Å². The fourth-order valence-electron chi connectivity index (χ4n) is 3.59. The third-order valence-corrected chi connectivity index (χ3v) is 7.16. The van der Waals surface area contributed by atoms with E-state index < -0.39 is 10.0 Å². The number of methoxy groups -OCH3 is 1. The van der Waals surface area contributed by atoms with E-state index in [4.69, 9.17) is 14.2 Å². The minimum Gasteiger partial charge on any atom is -0.477 e. The number of nitrogens with zero attached hydrogens (tertiary/aromatic N) is 4. The lowest BCUT2D eigenvalue weighted by molar-refractivity contribution is 0.0730. The topological polar surface area (TPSA) is 111 Å². The van der Waals surface area contributed by atoms with Gasteiger partial charge < -0.3 is 19.1 Å². The van der Waals surface area contributed by atoms with Crippen LogP contribution in [-0.4, -0.2) is 86.1 Å². The van der Waals surface area contributed by atoms with Gasteiger partial charge >= 0.3 is 0 Å². The quantitative estimate of drug-likeness (QED) is 0.638. The second-order valence-corrected chi connectivity index (χ2v) is 9.13. The lowest BCUT2D eigenvalue weighted by Crippen LogP contribution is -2.40. The van der Waals surface area contributed by atoms with Gasteiger partial charge in [0.1, 0.15) is 6.10 Å². The summed E-state index contributed by atoms with van der Waals surface area (Å²) < 4.78 is 43.1. The van der Waals surface area contributed by atoms with E-state index in [1.165, 1.54) is 35.9 Å². The SMILES string of the molecule is COc1nccnc1OC1CCN(C(=O)c2ccc(S(=O)(=O)N3CCOCC3)cc2)C1. The van der Waals surface area contributed by atoms with Gasteiger partial charge in [0.2, 0.25) is 10.0 Å². The van der Waals surface area contributed by atoms with Crippen LogP contribution >= 0.6 is 0 Å². The van der Waals surface area contributed by atoms with Crippen LogP contribution in [0.1, 0.15) is 16.8 Å². The molecule has 0 radical (unpaired) electrons. The highest BCUT2D eigenvalue weighted by Gasteiger charge is 2.30. The smallest absolute Gasteiger partial charge is 0.278 e. The average molecular weight is 449 g/mol. The summed E-state index contributed by atoms with van der Waals surface area (Å²) in [5, 5.41) is 0. The van der Waals surface area contributed by atoms with Crippen molar-refractivity contribution in [3.63, 3.8) is 0 Å². The number of rotatable bonds is 6. The number of sulfonamides is 1. The number of hydrogen-bond donors (Lipinski definition) is 0. The van der Waals surface area contributed by atoms with Gasteiger partial charge in [0.15, 0.2) is 0 Å². The number of morpholine rings is 1. The van der Waals surface area contributed by atoms with Gasteiger partial charge in [-0.3, -0.25) is 4.79 Å². The highest BCUT2D eigenvalue weighted by Crippen LogP contribution is 2.25. The van der Waals surface area contributed by atoms with Crippen molar-refractivity contribution < 1.29 is 27.4 Å². The number of aromatic nitrogens is 2. The first kappa shape index (κ1) is 21.5. The van der Waals surface area contributed by atoms with E-state index in [9.17, 15) is 13.2 Å². The predicted octanol–water partition coefficient (Wildman–Crippen LogP) is 0.800. The molecule has 0 bridgehead atoms. The molecule has 1 amide bonds. The lowest BCUT2D eigenvalue weighted by Gasteiger charge is -2.26. The first-order valence-electron chi connectivity index (χ1n) is 9.98. The minimum atomic E-state index is -3.59. The molecule has 11 heteroatoms. The number of likely N-dealkylation sites (tertiary alicyclic amines) is 1. The molecule has 0 spiro atoms. The Morgan fingerprint density at radius 3 is 2.42 bits per heavy atom. The minimum absolute atomic E-state index is 0.170. The number of amides is 1. The zero-order valence-electron chi connectivity index (χ0n) is 17.1. The van der Waals surface area contributed by atoms with Crippen molar-refractivity contribution in [2.24, 2.45) is 0 Å². The van der Waals surface area contributed by atoms with Crippen molar-refractivity contribution >= 4 is 15.9 Å². The van der Waals surface area contributed by atoms with Crippen molar-refractivity contribution in [2.75, 3.05) is 46.5 Å². The summed E-state index contributed by atoms with van der Waals surface area (Å²) in [5.74, 6) is 0.416. The predicted molar refractivity (Wildman–Crippen MR) is 110 cm³/mol. The monoisotopic (exact) mass is 448 g/mol. The number of carbonyl (C=O) groups excluding carboxylic acids is 1.